The molecular formula is C24H20N2O2. The predicted octanol–water partition coefficient (Wildman–Crippen LogP) is 4.34. The van der Waals surface area contributed by atoms with Crippen LogP contribution in [0.4, 0.5) is 11.4 Å². The number of hydrogen-bond acceptors (Lipinski definition) is 3. The number of para-hydroxylation sites is 1. The highest BCUT2D eigenvalue weighted by Crippen LogP contribution is 2.15. The molecule has 0 bridgehead atoms. The van der Waals surface area contributed by atoms with Crippen LogP contribution in [0.25, 0.3) is 0 Å². The van der Waals surface area contributed by atoms with Crippen LogP contribution in [-0.4, -0.2) is 18.2 Å². The van der Waals surface area contributed by atoms with Crippen LogP contribution in [-0.2, 0) is 4.79 Å². The first-order chi connectivity index (χ1) is 13.6. The summed E-state index contributed by atoms with van der Waals surface area (Å²) in [5.41, 5.74) is 3.62. The average molecular weight is 368 g/mol. The smallest absolute Gasteiger partial charge is 0.243 e. The van der Waals surface area contributed by atoms with Crippen LogP contribution in [0.2, 0.25) is 0 Å². The quantitative estimate of drug-likeness (QED) is 0.520. The van der Waals surface area contributed by atoms with E-state index in [2.05, 4.69) is 22.5 Å². The minimum absolute atomic E-state index is 0.0851. The van der Waals surface area contributed by atoms with Gasteiger partial charge in [0.05, 0.1) is 12.2 Å². The van der Waals surface area contributed by atoms with E-state index in [4.69, 9.17) is 0 Å². The van der Waals surface area contributed by atoms with Crippen LogP contribution in [0.15, 0.2) is 78.9 Å². The Morgan fingerprint density at radius 3 is 2.29 bits per heavy atom. The summed E-state index contributed by atoms with van der Waals surface area (Å²) in [6, 6.07) is 24.3. The van der Waals surface area contributed by atoms with E-state index in [1.54, 1.807) is 24.3 Å². The Morgan fingerprint density at radius 1 is 0.821 bits per heavy atom. The molecule has 0 aliphatic carbocycles. The number of hydrogen-bond donors (Lipinski definition) is 2. The fourth-order valence-corrected chi connectivity index (χ4v) is 2.65. The zero-order valence-electron chi connectivity index (χ0n) is 15.5. The molecule has 3 aromatic carbocycles. The number of benzene rings is 3. The number of anilines is 2. The van der Waals surface area contributed by atoms with Crippen molar-refractivity contribution < 1.29 is 9.59 Å². The Bertz CT molecular complexity index is 1050. The van der Waals surface area contributed by atoms with Crippen molar-refractivity contribution in [2.75, 3.05) is 17.2 Å². The number of nitrogens with one attached hydrogen (secondary N) is 2. The summed E-state index contributed by atoms with van der Waals surface area (Å²) in [5.74, 6) is 5.92. The van der Waals surface area contributed by atoms with E-state index < -0.39 is 0 Å². The molecule has 0 atom stereocenters. The van der Waals surface area contributed by atoms with E-state index in [9.17, 15) is 9.59 Å². The fourth-order valence-electron chi connectivity index (χ4n) is 2.65. The van der Waals surface area contributed by atoms with Gasteiger partial charge in [0.2, 0.25) is 5.91 Å². The molecule has 0 aromatic heterocycles. The number of carbonyl (C=O) groups excluding carboxylic acids is 2. The summed E-state index contributed by atoms with van der Waals surface area (Å²) in [5, 5.41) is 5.86. The Kier molecular flexibility index (Phi) is 6.22. The monoisotopic (exact) mass is 368 g/mol. The van der Waals surface area contributed by atoms with Crippen molar-refractivity contribution in [1.29, 1.82) is 0 Å². The third kappa shape index (κ3) is 5.33. The molecule has 3 aromatic rings. The van der Waals surface area contributed by atoms with E-state index in [0.717, 1.165) is 16.8 Å². The second kappa shape index (κ2) is 9.20. The van der Waals surface area contributed by atoms with Crippen molar-refractivity contribution >= 4 is 23.1 Å². The van der Waals surface area contributed by atoms with Crippen LogP contribution >= 0.6 is 0 Å². The number of amides is 1. The Labute approximate surface area is 164 Å². The molecule has 0 unspecified atom stereocenters. The van der Waals surface area contributed by atoms with Crippen molar-refractivity contribution in [1.82, 2.24) is 0 Å². The highest BCUT2D eigenvalue weighted by Gasteiger charge is 2.09. The average Bonchev–Trinajstić information content (AvgIpc) is 2.72. The van der Waals surface area contributed by atoms with Crippen LogP contribution in [0.3, 0.4) is 0 Å². The molecule has 138 valence electrons. The van der Waals surface area contributed by atoms with Gasteiger partial charge in [0, 0.05) is 22.4 Å². The SMILES string of the molecule is CC(=O)c1ccccc1NC(=O)CNc1cccc(C#Cc2ccccc2)c1. The van der Waals surface area contributed by atoms with Gasteiger partial charge >= 0.3 is 0 Å². The number of rotatable bonds is 5. The molecule has 0 spiro atoms. The first-order valence-electron chi connectivity index (χ1n) is 8.92. The summed E-state index contributed by atoms with van der Waals surface area (Å²) in [6.45, 7) is 1.56. The van der Waals surface area contributed by atoms with Gasteiger partial charge in [0.1, 0.15) is 0 Å². The van der Waals surface area contributed by atoms with Crippen LogP contribution in [0, 0.1) is 11.8 Å². The fraction of sp³-hybridized carbons (Fsp3) is 0.0833. The minimum Gasteiger partial charge on any atom is -0.376 e. The summed E-state index contributed by atoms with van der Waals surface area (Å²) in [6.07, 6.45) is 0. The summed E-state index contributed by atoms with van der Waals surface area (Å²) < 4.78 is 0. The first kappa shape index (κ1) is 18.9. The van der Waals surface area contributed by atoms with Crippen LogP contribution in [0.1, 0.15) is 28.4 Å². The molecule has 0 radical (unpaired) electrons. The maximum absolute atomic E-state index is 12.2. The molecule has 4 heteroatoms. The number of ketones is 1. The maximum atomic E-state index is 12.2. The van der Waals surface area contributed by atoms with E-state index in [0.29, 0.717) is 11.3 Å². The molecule has 4 nitrogen and oxygen atoms in total. The zero-order valence-corrected chi connectivity index (χ0v) is 15.5. The normalized spacial score (nSPS) is 9.75. The maximum Gasteiger partial charge on any atom is 0.243 e. The molecule has 0 saturated carbocycles. The van der Waals surface area contributed by atoms with Gasteiger partial charge in [0.15, 0.2) is 5.78 Å². The van der Waals surface area contributed by atoms with Gasteiger partial charge in [-0.3, -0.25) is 9.59 Å². The minimum atomic E-state index is -0.227. The Hall–Kier alpha value is -3.84. The largest absolute Gasteiger partial charge is 0.376 e. The van der Waals surface area contributed by atoms with Crippen molar-refractivity contribution in [2.45, 2.75) is 6.92 Å². The van der Waals surface area contributed by atoms with E-state index in [1.165, 1.54) is 6.92 Å². The number of Topliss-reactive ketones (excluding diaryl/α,β-unsaturated/α-hetero) is 1. The molecule has 0 heterocycles. The van der Waals surface area contributed by atoms with Crippen molar-refractivity contribution in [3.05, 3.63) is 95.6 Å². The van der Waals surface area contributed by atoms with E-state index in [1.807, 2.05) is 54.6 Å². The second-order valence-electron chi connectivity index (χ2n) is 6.20. The van der Waals surface area contributed by atoms with Gasteiger partial charge in [-0.15, -0.1) is 0 Å². The first-order valence-corrected chi connectivity index (χ1v) is 8.92. The lowest BCUT2D eigenvalue weighted by Crippen LogP contribution is -2.22. The standard InChI is InChI=1S/C24H20N2O2/c1-18(27)22-12-5-6-13-23(22)26-24(28)17-25-21-11-7-10-20(16-21)15-14-19-8-3-2-4-9-19/h2-13,16,25H,17H2,1H3,(H,26,28). The molecule has 0 fully saturated rings. The van der Waals surface area contributed by atoms with Crippen LogP contribution < -0.4 is 10.6 Å². The van der Waals surface area contributed by atoms with Crippen molar-refractivity contribution in [3.8, 4) is 11.8 Å². The third-order valence-corrected chi connectivity index (χ3v) is 4.02. The number of carbonyl (C=O) groups is 2. The summed E-state index contributed by atoms with van der Waals surface area (Å²) in [4.78, 5) is 23.9. The zero-order chi connectivity index (χ0) is 19.8. The van der Waals surface area contributed by atoms with E-state index >= 15 is 0 Å². The van der Waals surface area contributed by atoms with Gasteiger partial charge in [-0.2, -0.15) is 0 Å². The van der Waals surface area contributed by atoms with Gasteiger partial charge in [-0.25, -0.2) is 0 Å². The molecule has 0 aliphatic rings. The van der Waals surface area contributed by atoms with Crippen molar-refractivity contribution in [3.63, 3.8) is 0 Å². The Balaban J connectivity index is 1.62. The van der Waals surface area contributed by atoms with Gasteiger partial charge < -0.3 is 10.6 Å². The summed E-state index contributed by atoms with van der Waals surface area (Å²) >= 11 is 0. The topological polar surface area (TPSA) is 58.2 Å². The second-order valence-corrected chi connectivity index (χ2v) is 6.20. The highest BCUT2D eigenvalue weighted by atomic mass is 16.2. The molecule has 28 heavy (non-hydrogen) atoms. The third-order valence-electron chi connectivity index (χ3n) is 4.02. The van der Waals surface area contributed by atoms with Gasteiger partial charge in [-0.1, -0.05) is 48.2 Å². The highest BCUT2D eigenvalue weighted by molar-refractivity contribution is 6.04. The van der Waals surface area contributed by atoms with Gasteiger partial charge in [0.25, 0.3) is 0 Å². The van der Waals surface area contributed by atoms with Crippen LogP contribution in [0.5, 0.6) is 0 Å². The lowest BCUT2D eigenvalue weighted by atomic mass is 10.1. The lowest BCUT2D eigenvalue weighted by molar-refractivity contribution is -0.114. The lowest BCUT2D eigenvalue weighted by Gasteiger charge is -2.10. The molecular weight excluding hydrogens is 348 g/mol. The molecule has 3 rings (SSSR count). The van der Waals surface area contributed by atoms with E-state index in [-0.39, 0.29) is 18.2 Å². The predicted molar refractivity (Wildman–Crippen MR) is 112 cm³/mol. The molecule has 1 amide bonds. The molecule has 2 N–H and O–H groups in total. The molecule has 0 saturated heterocycles. The van der Waals surface area contributed by atoms with Gasteiger partial charge in [-0.05, 0) is 49.4 Å². The van der Waals surface area contributed by atoms with Crippen molar-refractivity contribution in [2.24, 2.45) is 0 Å². The Morgan fingerprint density at radius 2 is 1.50 bits per heavy atom. The summed E-state index contributed by atoms with van der Waals surface area (Å²) in [7, 11) is 0. The molecule has 0 aliphatic heterocycles.